The molecular formula is C20H23NO5S. The second-order valence-corrected chi connectivity index (χ2v) is 6.78. The minimum atomic E-state index is -0.992. The Morgan fingerprint density at radius 2 is 1.67 bits per heavy atom. The molecule has 0 aromatic heterocycles. The van der Waals surface area contributed by atoms with Crippen molar-refractivity contribution in [1.82, 2.24) is 5.32 Å². The molecule has 1 atom stereocenters. The number of carboxylic acid groups (broad SMARTS) is 1. The van der Waals surface area contributed by atoms with Gasteiger partial charge in [0.05, 0.1) is 26.7 Å². The van der Waals surface area contributed by atoms with Gasteiger partial charge in [0.15, 0.2) is 0 Å². The van der Waals surface area contributed by atoms with Crippen LogP contribution in [0.15, 0.2) is 41.3 Å². The van der Waals surface area contributed by atoms with E-state index >= 15 is 0 Å². The zero-order chi connectivity index (χ0) is 20.0. The van der Waals surface area contributed by atoms with Gasteiger partial charge in [0.25, 0.3) is 5.91 Å². The van der Waals surface area contributed by atoms with Crippen LogP contribution in [-0.4, -0.2) is 37.5 Å². The Bertz CT molecular complexity index is 795. The lowest BCUT2D eigenvalue weighted by atomic mass is 10.0. The molecule has 0 spiro atoms. The van der Waals surface area contributed by atoms with E-state index in [2.05, 4.69) is 5.32 Å². The average molecular weight is 389 g/mol. The number of nitrogens with one attached hydrogen (secondary N) is 1. The van der Waals surface area contributed by atoms with Crippen LogP contribution in [0, 0.1) is 6.92 Å². The fraction of sp³-hybridized carbons (Fsp3) is 0.300. The van der Waals surface area contributed by atoms with Crippen molar-refractivity contribution in [3.63, 3.8) is 0 Å². The summed E-state index contributed by atoms with van der Waals surface area (Å²) < 4.78 is 10.6. The number of hydrogen-bond acceptors (Lipinski definition) is 5. The van der Waals surface area contributed by atoms with Crippen LogP contribution >= 0.6 is 11.8 Å². The van der Waals surface area contributed by atoms with Crippen LogP contribution in [0.25, 0.3) is 0 Å². The lowest BCUT2D eigenvalue weighted by molar-refractivity contribution is -0.137. The van der Waals surface area contributed by atoms with Gasteiger partial charge >= 0.3 is 5.97 Å². The zero-order valence-electron chi connectivity index (χ0n) is 15.7. The second-order valence-electron chi connectivity index (χ2n) is 5.90. The van der Waals surface area contributed by atoms with Crippen LogP contribution in [0.3, 0.4) is 0 Å². The monoisotopic (exact) mass is 389 g/mol. The minimum Gasteiger partial charge on any atom is -0.496 e. The highest BCUT2D eigenvalue weighted by Crippen LogP contribution is 2.30. The molecule has 0 radical (unpaired) electrons. The van der Waals surface area contributed by atoms with Gasteiger partial charge < -0.3 is 19.9 Å². The molecule has 1 unspecified atom stereocenters. The summed E-state index contributed by atoms with van der Waals surface area (Å²) in [6.07, 6.45) is 1.74. The van der Waals surface area contributed by atoms with Crippen molar-refractivity contribution in [1.29, 1.82) is 0 Å². The first-order valence-electron chi connectivity index (χ1n) is 8.28. The number of benzene rings is 2. The molecule has 2 rings (SSSR count). The molecule has 0 aliphatic rings. The van der Waals surface area contributed by atoms with Crippen molar-refractivity contribution in [2.24, 2.45) is 0 Å². The largest absolute Gasteiger partial charge is 0.496 e. The van der Waals surface area contributed by atoms with E-state index in [1.807, 2.05) is 37.4 Å². The Kier molecular flexibility index (Phi) is 7.12. The van der Waals surface area contributed by atoms with Gasteiger partial charge in [0, 0.05) is 16.0 Å². The van der Waals surface area contributed by atoms with E-state index in [-0.39, 0.29) is 6.42 Å². The number of rotatable bonds is 8. The van der Waals surface area contributed by atoms with Crippen LogP contribution in [-0.2, 0) is 4.79 Å². The molecule has 0 aliphatic heterocycles. The summed E-state index contributed by atoms with van der Waals surface area (Å²) in [5.41, 5.74) is 1.85. The van der Waals surface area contributed by atoms with Gasteiger partial charge in [-0.1, -0.05) is 12.1 Å². The van der Waals surface area contributed by atoms with Gasteiger partial charge in [0.1, 0.15) is 11.5 Å². The van der Waals surface area contributed by atoms with Gasteiger partial charge in [-0.2, -0.15) is 0 Å². The minimum absolute atomic E-state index is 0.218. The first-order valence-corrected chi connectivity index (χ1v) is 9.51. The second kappa shape index (κ2) is 9.32. The van der Waals surface area contributed by atoms with Gasteiger partial charge in [0.2, 0.25) is 0 Å². The molecule has 2 aromatic carbocycles. The van der Waals surface area contributed by atoms with Crippen molar-refractivity contribution in [2.45, 2.75) is 24.3 Å². The van der Waals surface area contributed by atoms with Gasteiger partial charge in [-0.25, -0.2) is 0 Å². The molecule has 1 amide bonds. The molecule has 6 nitrogen and oxygen atoms in total. The fourth-order valence-corrected chi connectivity index (χ4v) is 3.13. The van der Waals surface area contributed by atoms with E-state index < -0.39 is 17.9 Å². The third kappa shape index (κ3) is 5.17. The lowest BCUT2D eigenvalue weighted by Crippen LogP contribution is -2.30. The predicted octanol–water partition coefficient (Wildman–Crippen LogP) is 3.68. The molecule has 27 heavy (non-hydrogen) atoms. The third-order valence-corrected chi connectivity index (χ3v) is 4.96. The number of amides is 1. The van der Waals surface area contributed by atoms with Crippen molar-refractivity contribution >= 4 is 23.6 Å². The van der Waals surface area contributed by atoms with E-state index in [0.717, 1.165) is 16.0 Å². The van der Waals surface area contributed by atoms with E-state index in [1.165, 1.54) is 14.2 Å². The molecule has 0 saturated heterocycles. The van der Waals surface area contributed by atoms with Crippen molar-refractivity contribution in [2.75, 3.05) is 20.5 Å². The molecule has 0 heterocycles. The number of ether oxygens (including phenoxy) is 2. The summed E-state index contributed by atoms with van der Waals surface area (Å²) in [6.45, 7) is 1.83. The third-order valence-electron chi connectivity index (χ3n) is 4.22. The Labute approximate surface area is 162 Å². The van der Waals surface area contributed by atoms with Crippen LogP contribution in [0.2, 0.25) is 0 Å². The zero-order valence-corrected chi connectivity index (χ0v) is 16.6. The van der Waals surface area contributed by atoms with E-state index in [4.69, 9.17) is 9.47 Å². The average Bonchev–Trinajstić information content (AvgIpc) is 2.67. The number of carbonyl (C=O) groups excluding carboxylic acids is 1. The van der Waals surface area contributed by atoms with Crippen LogP contribution in [0.4, 0.5) is 0 Å². The molecule has 0 bridgehead atoms. The number of hydrogen-bond donors (Lipinski definition) is 2. The SMILES string of the molecule is COc1cc(C(=O)NC(CC(=O)O)c2ccc(SC)cc2)cc(OC)c1C. The summed E-state index contributed by atoms with van der Waals surface area (Å²) in [6, 6.07) is 10.0. The maximum atomic E-state index is 12.8. The molecule has 0 saturated carbocycles. The molecule has 144 valence electrons. The van der Waals surface area contributed by atoms with Crippen LogP contribution in [0.5, 0.6) is 11.5 Å². The summed E-state index contributed by atoms with van der Waals surface area (Å²) >= 11 is 1.59. The molecule has 7 heteroatoms. The van der Waals surface area contributed by atoms with E-state index in [9.17, 15) is 14.7 Å². The number of carbonyl (C=O) groups is 2. The summed E-state index contributed by atoms with van der Waals surface area (Å²) in [5.74, 6) is -0.336. The Morgan fingerprint density at radius 3 is 2.11 bits per heavy atom. The lowest BCUT2D eigenvalue weighted by Gasteiger charge is -2.19. The quantitative estimate of drug-likeness (QED) is 0.670. The Morgan fingerprint density at radius 1 is 1.11 bits per heavy atom. The van der Waals surface area contributed by atoms with Crippen LogP contribution < -0.4 is 14.8 Å². The van der Waals surface area contributed by atoms with Crippen LogP contribution in [0.1, 0.15) is 33.9 Å². The van der Waals surface area contributed by atoms with Gasteiger partial charge in [-0.15, -0.1) is 11.8 Å². The number of methoxy groups -OCH3 is 2. The smallest absolute Gasteiger partial charge is 0.305 e. The van der Waals surface area contributed by atoms with Crippen molar-refractivity contribution < 1.29 is 24.2 Å². The molecular weight excluding hydrogens is 366 g/mol. The van der Waals surface area contributed by atoms with Gasteiger partial charge in [-0.3, -0.25) is 9.59 Å². The fourth-order valence-electron chi connectivity index (χ4n) is 2.72. The van der Waals surface area contributed by atoms with E-state index in [1.54, 1.807) is 23.9 Å². The summed E-state index contributed by atoms with van der Waals surface area (Å²) in [7, 11) is 3.04. The number of thioether (sulfide) groups is 1. The molecule has 2 N–H and O–H groups in total. The molecule has 0 fully saturated rings. The standard InChI is InChI=1S/C20H23NO5S/c1-12-17(25-2)9-14(10-18(12)26-3)20(24)21-16(11-19(22)23)13-5-7-15(27-4)8-6-13/h5-10,16H,11H2,1-4H3,(H,21,24)(H,22,23). The maximum absolute atomic E-state index is 12.8. The van der Waals surface area contributed by atoms with Crippen molar-refractivity contribution in [3.8, 4) is 11.5 Å². The van der Waals surface area contributed by atoms with Crippen molar-refractivity contribution in [3.05, 3.63) is 53.1 Å². The highest BCUT2D eigenvalue weighted by atomic mass is 32.2. The summed E-state index contributed by atoms with van der Waals surface area (Å²) in [4.78, 5) is 25.1. The number of carboxylic acids is 1. The normalized spacial score (nSPS) is 11.6. The number of aliphatic carboxylic acids is 1. The van der Waals surface area contributed by atoms with E-state index in [0.29, 0.717) is 17.1 Å². The highest BCUT2D eigenvalue weighted by molar-refractivity contribution is 7.98. The predicted molar refractivity (Wildman–Crippen MR) is 105 cm³/mol. The molecule has 2 aromatic rings. The molecule has 0 aliphatic carbocycles. The summed E-state index contributed by atoms with van der Waals surface area (Å²) in [5, 5.41) is 12.0. The maximum Gasteiger partial charge on any atom is 0.305 e. The Hall–Kier alpha value is -2.67. The van der Waals surface area contributed by atoms with Gasteiger partial charge in [-0.05, 0) is 43.0 Å². The highest BCUT2D eigenvalue weighted by Gasteiger charge is 2.21. The first-order chi connectivity index (χ1) is 12.9. The first kappa shape index (κ1) is 20.6. The Balaban J connectivity index is 2.31. The topological polar surface area (TPSA) is 84.9 Å².